The van der Waals surface area contributed by atoms with E-state index >= 15 is 0 Å². The molecule has 2 N–H and O–H groups in total. The third-order valence-corrected chi connectivity index (χ3v) is 3.54. The molecule has 4 heteroatoms. The van der Waals surface area contributed by atoms with Gasteiger partial charge in [-0.05, 0) is 42.3 Å². The molecule has 0 atom stereocenters. The molecule has 0 bridgehead atoms. The number of hydrogen-bond acceptors (Lipinski definition) is 2. The minimum absolute atomic E-state index is 0.0373. The lowest BCUT2D eigenvalue weighted by atomic mass is 10.1. The van der Waals surface area contributed by atoms with Gasteiger partial charge in [0, 0.05) is 29.9 Å². The molecule has 2 rings (SSSR count). The van der Waals surface area contributed by atoms with Gasteiger partial charge in [0.05, 0.1) is 0 Å². The monoisotopic (exact) mass is 288 g/mol. The van der Waals surface area contributed by atoms with Crippen molar-refractivity contribution in [1.29, 1.82) is 0 Å². The Morgan fingerprint density at radius 2 is 1.85 bits per heavy atom. The summed E-state index contributed by atoms with van der Waals surface area (Å²) >= 11 is 5.85. The lowest BCUT2D eigenvalue weighted by Gasteiger charge is -2.19. The third kappa shape index (κ3) is 3.11. The Labute approximate surface area is 124 Å². The molecule has 0 aliphatic heterocycles. The maximum Gasteiger partial charge on any atom is 0.254 e. The van der Waals surface area contributed by atoms with Gasteiger partial charge in [-0.3, -0.25) is 4.79 Å². The van der Waals surface area contributed by atoms with E-state index in [4.69, 9.17) is 17.3 Å². The van der Waals surface area contributed by atoms with Crippen LogP contribution in [0.5, 0.6) is 0 Å². The zero-order valence-corrected chi connectivity index (χ0v) is 12.3. The van der Waals surface area contributed by atoms with Crippen LogP contribution >= 0.6 is 11.6 Å². The highest BCUT2D eigenvalue weighted by atomic mass is 35.5. The smallest absolute Gasteiger partial charge is 0.254 e. The summed E-state index contributed by atoms with van der Waals surface area (Å²) in [6, 6.07) is 12.9. The molecule has 0 aromatic heterocycles. The maximum atomic E-state index is 12.4. The van der Waals surface area contributed by atoms with Crippen molar-refractivity contribution in [3.05, 3.63) is 64.2 Å². The van der Waals surface area contributed by atoms with Crippen molar-refractivity contribution in [1.82, 2.24) is 4.90 Å². The van der Waals surface area contributed by atoms with E-state index in [1.54, 1.807) is 30.1 Å². The molecular formula is C16H17ClN2O. The number of rotatable bonds is 3. The Kier molecular flexibility index (Phi) is 4.30. The summed E-state index contributed by atoms with van der Waals surface area (Å²) in [5.41, 5.74) is 8.97. The van der Waals surface area contributed by atoms with Gasteiger partial charge in [-0.1, -0.05) is 29.8 Å². The zero-order chi connectivity index (χ0) is 14.7. The van der Waals surface area contributed by atoms with E-state index in [0.717, 1.165) is 11.1 Å². The van der Waals surface area contributed by atoms with Gasteiger partial charge in [0.15, 0.2) is 0 Å². The number of hydrogen-bond donors (Lipinski definition) is 1. The summed E-state index contributed by atoms with van der Waals surface area (Å²) in [7, 11) is 1.78. The fraction of sp³-hybridized carbons (Fsp3) is 0.188. The van der Waals surface area contributed by atoms with E-state index < -0.39 is 0 Å². The fourth-order valence-electron chi connectivity index (χ4n) is 2.03. The number of benzene rings is 2. The molecule has 2 aromatic rings. The average molecular weight is 289 g/mol. The van der Waals surface area contributed by atoms with Crippen molar-refractivity contribution in [2.45, 2.75) is 13.5 Å². The topological polar surface area (TPSA) is 46.3 Å². The molecule has 0 aliphatic rings. The average Bonchev–Trinajstić information content (AvgIpc) is 2.43. The number of nitrogen functional groups attached to an aromatic ring is 1. The van der Waals surface area contributed by atoms with Crippen LogP contribution in [0.4, 0.5) is 5.69 Å². The van der Waals surface area contributed by atoms with E-state index in [1.165, 1.54) is 0 Å². The second-order valence-electron chi connectivity index (χ2n) is 4.81. The van der Waals surface area contributed by atoms with Crippen LogP contribution in [-0.4, -0.2) is 17.9 Å². The molecule has 20 heavy (non-hydrogen) atoms. The summed E-state index contributed by atoms with van der Waals surface area (Å²) in [5.74, 6) is -0.0373. The normalized spacial score (nSPS) is 10.3. The van der Waals surface area contributed by atoms with Crippen LogP contribution in [0.1, 0.15) is 21.5 Å². The summed E-state index contributed by atoms with van der Waals surface area (Å²) in [6.45, 7) is 2.39. The van der Waals surface area contributed by atoms with Crippen molar-refractivity contribution in [2.75, 3.05) is 12.8 Å². The first-order valence-electron chi connectivity index (χ1n) is 6.34. The Balaban J connectivity index is 2.16. The molecule has 0 saturated heterocycles. The third-order valence-electron chi connectivity index (χ3n) is 3.29. The maximum absolute atomic E-state index is 12.4. The largest absolute Gasteiger partial charge is 0.398 e. The van der Waals surface area contributed by atoms with Gasteiger partial charge in [-0.15, -0.1) is 0 Å². The Bertz CT molecular complexity index is 623. The van der Waals surface area contributed by atoms with E-state index in [-0.39, 0.29) is 5.91 Å². The van der Waals surface area contributed by atoms with Crippen molar-refractivity contribution >= 4 is 23.2 Å². The van der Waals surface area contributed by atoms with E-state index in [9.17, 15) is 4.79 Å². The van der Waals surface area contributed by atoms with Gasteiger partial charge >= 0.3 is 0 Å². The van der Waals surface area contributed by atoms with Gasteiger partial charge in [0.2, 0.25) is 0 Å². The molecule has 2 aromatic carbocycles. The van der Waals surface area contributed by atoms with Gasteiger partial charge in [0.25, 0.3) is 5.91 Å². The predicted octanol–water partition coefficient (Wildman–Crippen LogP) is 3.50. The number of halogens is 1. The molecule has 0 aliphatic carbocycles. The Hall–Kier alpha value is -2.00. The Morgan fingerprint density at radius 3 is 2.50 bits per heavy atom. The van der Waals surface area contributed by atoms with Gasteiger partial charge in [0.1, 0.15) is 0 Å². The molecule has 0 saturated carbocycles. The molecular weight excluding hydrogens is 272 g/mol. The molecule has 0 fully saturated rings. The number of nitrogens with zero attached hydrogens (tertiary/aromatic N) is 1. The van der Waals surface area contributed by atoms with Crippen molar-refractivity contribution in [3.8, 4) is 0 Å². The molecule has 0 heterocycles. The highest BCUT2D eigenvalue weighted by Crippen LogP contribution is 2.18. The minimum Gasteiger partial charge on any atom is -0.398 e. The molecule has 0 spiro atoms. The predicted molar refractivity (Wildman–Crippen MR) is 82.8 cm³/mol. The van der Waals surface area contributed by atoms with Crippen LogP contribution in [-0.2, 0) is 6.54 Å². The van der Waals surface area contributed by atoms with Crippen LogP contribution in [0.25, 0.3) is 0 Å². The second-order valence-corrected chi connectivity index (χ2v) is 5.24. The Morgan fingerprint density at radius 1 is 1.20 bits per heavy atom. The second kappa shape index (κ2) is 5.97. The number of carbonyl (C=O) groups excluding carboxylic acids is 1. The zero-order valence-electron chi connectivity index (χ0n) is 11.6. The van der Waals surface area contributed by atoms with Crippen LogP contribution in [0.2, 0.25) is 5.02 Å². The summed E-state index contributed by atoms with van der Waals surface area (Å²) in [4.78, 5) is 14.1. The first-order valence-corrected chi connectivity index (χ1v) is 6.72. The molecule has 0 unspecified atom stereocenters. The highest BCUT2D eigenvalue weighted by Gasteiger charge is 2.15. The lowest BCUT2D eigenvalue weighted by Crippen LogP contribution is -2.27. The van der Waals surface area contributed by atoms with Crippen LogP contribution in [0.3, 0.4) is 0 Å². The molecule has 3 nitrogen and oxygen atoms in total. The van der Waals surface area contributed by atoms with Crippen LogP contribution < -0.4 is 5.73 Å². The number of nitrogens with two attached hydrogens (primary N) is 1. The first kappa shape index (κ1) is 14.4. The van der Waals surface area contributed by atoms with E-state index in [1.807, 2.05) is 31.2 Å². The van der Waals surface area contributed by atoms with Crippen molar-refractivity contribution in [3.63, 3.8) is 0 Å². The van der Waals surface area contributed by atoms with Gasteiger partial charge in [-0.25, -0.2) is 0 Å². The lowest BCUT2D eigenvalue weighted by molar-refractivity contribution is 0.0784. The first-order chi connectivity index (χ1) is 9.49. The summed E-state index contributed by atoms with van der Waals surface area (Å²) in [5, 5.41) is 0.689. The number of anilines is 1. The van der Waals surface area contributed by atoms with Gasteiger partial charge in [-0.2, -0.15) is 0 Å². The number of carbonyl (C=O) groups is 1. The minimum atomic E-state index is -0.0373. The molecule has 1 amide bonds. The summed E-state index contributed by atoms with van der Waals surface area (Å²) in [6.07, 6.45) is 0. The van der Waals surface area contributed by atoms with Gasteiger partial charge < -0.3 is 10.6 Å². The quantitative estimate of drug-likeness (QED) is 0.879. The fourth-order valence-corrected chi connectivity index (χ4v) is 2.15. The number of amides is 1. The van der Waals surface area contributed by atoms with Crippen molar-refractivity contribution < 1.29 is 4.79 Å². The van der Waals surface area contributed by atoms with E-state index in [0.29, 0.717) is 22.8 Å². The molecule has 104 valence electrons. The standard InChI is InChI=1S/C16H17ClN2O/c1-11-14(4-3-5-15(11)18)16(20)19(2)10-12-6-8-13(17)9-7-12/h3-9H,10,18H2,1-2H3. The van der Waals surface area contributed by atoms with Crippen molar-refractivity contribution in [2.24, 2.45) is 0 Å². The van der Waals surface area contributed by atoms with Crippen LogP contribution in [0, 0.1) is 6.92 Å². The SMILES string of the molecule is Cc1c(N)cccc1C(=O)N(C)Cc1ccc(Cl)cc1. The van der Waals surface area contributed by atoms with Crippen LogP contribution in [0.15, 0.2) is 42.5 Å². The van der Waals surface area contributed by atoms with E-state index in [2.05, 4.69) is 0 Å². The summed E-state index contributed by atoms with van der Waals surface area (Å²) < 4.78 is 0. The molecule has 0 radical (unpaired) electrons. The highest BCUT2D eigenvalue weighted by molar-refractivity contribution is 6.30.